The number of hydrogen-bond donors (Lipinski definition) is 1. The third-order valence-electron chi connectivity index (χ3n) is 4.87. The number of carbonyl (C=O) groups is 1. The lowest BCUT2D eigenvalue weighted by atomic mass is 9.88. The lowest BCUT2D eigenvalue weighted by molar-refractivity contribution is -0.134. The van der Waals surface area contributed by atoms with Crippen LogP contribution in [0.1, 0.15) is 43.7 Å². The first kappa shape index (κ1) is 14.6. The largest absolute Gasteiger partial charge is 0.341 e. The van der Waals surface area contributed by atoms with Gasteiger partial charge in [-0.05, 0) is 56.6 Å². The Hall–Kier alpha value is -1.35. The lowest BCUT2D eigenvalue weighted by Crippen LogP contribution is -2.50. The Morgan fingerprint density at radius 1 is 1.19 bits per heavy atom. The summed E-state index contributed by atoms with van der Waals surface area (Å²) < 4.78 is 0. The van der Waals surface area contributed by atoms with E-state index in [0.717, 1.165) is 45.2 Å². The van der Waals surface area contributed by atoms with Crippen molar-refractivity contribution in [3.63, 3.8) is 0 Å². The van der Waals surface area contributed by atoms with E-state index < -0.39 is 0 Å². The molecule has 1 amide bonds. The molecule has 1 aliphatic carbocycles. The zero-order valence-electron chi connectivity index (χ0n) is 13.0. The summed E-state index contributed by atoms with van der Waals surface area (Å²) in [5.41, 5.74) is 2.92. The van der Waals surface area contributed by atoms with Crippen molar-refractivity contribution >= 4 is 5.91 Å². The molecule has 2 unspecified atom stereocenters. The third kappa shape index (κ3) is 3.46. The molecule has 21 heavy (non-hydrogen) atoms. The van der Waals surface area contributed by atoms with Crippen molar-refractivity contribution in [2.24, 2.45) is 0 Å². The highest BCUT2D eigenvalue weighted by Crippen LogP contribution is 2.21. The summed E-state index contributed by atoms with van der Waals surface area (Å²) in [7, 11) is 0. The van der Waals surface area contributed by atoms with E-state index in [-0.39, 0.29) is 11.9 Å². The van der Waals surface area contributed by atoms with Crippen molar-refractivity contribution in [3.05, 3.63) is 35.4 Å². The molecule has 1 fully saturated rings. The van der Waals surface area contributed by atoms with Gasteiger partial charge in [0.15, 0.2) is 0 Å². The Morgan fingerprint density at radius 3 is 2.67 bits per heavy atom. The molecule has 0 aromatic heterocycles. The number of amides is 1. The fourth-order valence-electron chi connectivity index (χ4n) is 3.65. The molecule has 3 heteroatoms. The highest BCUT2D eigenvalue weighted by Gasteiger charge is 2.25. The first-order chi connectivity index (χ1) is 10.2. The SMILES string of the molecule is CC(NC1CCc2ccccc2C1)C(=O)N1CCCCC1. The van der Waals surface area contributed by atoms with Crippen LogP contribution in [0.5, 0.6) is 0 Å². The molecule has 0 bridgehead atoms. The summed E-state index contributed by atoms with van der Waals surface area (Å²) in [6.45, 7) is 3.91. The van der Waals surface area contributed by atoms with E-state index >= 15 is 0 Å². The van der Waals surface area contributed by atoms with Gasteiger partial charge in [-0.25, -0.2) is 0 Å². The zero-order valence-corrected chi connectivity index (χ0v) is 13.0. The molecule has 114 valence electrons. The van der Waals surface area contributed by atoms with Crippen LogP contribution in [0.4, 0.5) is 0 Å². The number of benzene rings is 1. The second-order valence-electron chi connectivity index (χ2n) is 6.48. The summed E-state index contributed by atoms with van der Waals surface area (Å²) in [6, 6.07) is 9.06. The number of fused-ring (bicyclic) bond motifs is 1. The number of nitrogens with zero attached hydrogens (tertiary/aromatic N) is 1. The van der Waals surface area contributed by atoms with Gasteiger partial charge in [0.25, 0.3) is 0 Å². The van der Waals surface area contributed by atoms with Gasteiger partial charge in [0.2, 0.25) is 5.91 Å². The van der Waals surface area contributed by atoms with Crippen molar-refractivity contribution in [2.45, 2.75) is 57.5 Å². The first-order valence-corrected chi connectivity index (χ1v) is 8.35. The number of likely N-dealkylation sites (tertiary alicyclic amines) is 1. The van der Waals surface area contributed by atoms with E-state index in [9.17, 15) is 4.79 Å². The topological polar surface area (TPSA) is 32.3 Å². The highest BCUT2D eigenvalue weighted by atomic mass is 16.2. The molecule has 1 aromatic carbocycles. The predicted octanol–water partition coefficient (Wildman–Crippen LogP) is 2.53. The van der Waals surface area contributed by atoms with Gasteiger partial charge in [0.05, 0.1) is 6.04 Å². The third-order valence-corrected chi connectivity index (χ3v) is 4.87. The summed E-state index contributed by atoms with van der Waals surface area (Å²) in [5, 5.41) is 3.57. The van der Waals surface area contributed by atoms with Crippen LogP contribution in [0, 0.1) is 0 Å². The number of piperidine rings is 1. The van der Waals surface area contributed by atoms with Crippen LogP contribution in [0.15, 0.2) is 24.3 Å². The van der Waals surface area contributed by atoms with Gasteiger partial charge in [-0.15, -0.1) is 0 Å². The van der Waals surface area contributed by atoms with E-state index in [1.54, 1.807) is 0 Å². The second kappa shape index (κ2) is 6.61. The Balaban J connectivity index is 1.56. The average Bonchev–Trinajstić information content (AvgIpc) is 2.55. The quantitative estimate of drug-likeness (QED) is 0.926. The maximum absolute atomic E-state index is 12.5. The molecule has 0 spiro atoms. The number of rotatable bonds is 3. The average molecular weight is 286 g/mol. The van der Waals surface area contributed by atoms with Gasteiger partial charge in [-0.2, -0.15) is 0 Å². The molecule has 3 rings (SSSR count). The number of nitrogens with one attached hydrogen (secondary N) is 1. The molecule has 3 nitrogen and oxygen atoms in total. The van der Waals surface area contributed by atoms with E-state index in [0.29, 0.717) is 6.04 Å². The Labute approximate surface area is 127 Å². The first-order valence-electron chi connectivity index (χ1n) is 8.35. The van der Waals surface area contributed by atoms with Crippen LogP contribution in [0.2, 0.25) is 0 Å². The van der Waals surface area contributed by atoms with Crippen molar-refractivity contribution in [2.75, 3.05) is 13.1 Å². The standard InChI is InChI=1S/C18H26N2O/c1-14(18(21)20-11-5-2-6-12-20)19-17-10-9-15-7-3-4-8-16(15)13-17/h3-4,7-8,14,17,19H,2,5-6,9-13H2,1H3. The second-order valence-corrected chi connectivity index (χ2v) is 6.48. The molecule has 1 aromatic rings. The van der Waals surface area contributed by atoms with Gasteiger partial charge in [0, 0.05) is 19.1 Å². The fraction of sp³-hybridized carbons (Fsp3) is 0.611. The molecular formula is C18H26N2O. The van der Waals surface area contributed by atoms with Crippen LogP contribution < -0.4 is 5.32 Å². The minimum atomic E-state index is -0.0571. The normalized spacial score (nSPS) is 23.5. The molecule has 0 saturated carbocycles. The monoisotopic (exact) mass is 286 g/mol. The minimum absolute atomic E-state index is 0.0571. The Kier molecular flexibility index (Phi) is 4.59. The Morgan fingerprint density at radius 2 is 1.90 bits per heavy atom. The number of carbonyl (C=O) groups excluding carboxylic acids is 1. The van der Waals surface area contributed by atoms with E-state index in [1.807, 2.05) is 11.8 Å². The number of aryl methyl sites for hydroxylation is 1. The summed E-state index contributed by atoms with van der Waals surface area (Å²) >= 11 is 0. The Bertz CT molecular complexity index is 494. The molecule has 1 N–H and O–H groups in total. The van der Waals surface area contributed by atoms with E-state index in [4.69, 9.17) is 0 Å². The molecular weight excluding hydrogens is 260 g/mol. The highest BCUT2D eigenvalue weighted by molar-refractivity contribution is 5.81. The molecule has 2 aliphatic rings. The maximum atomic E-state index is 12.5. The summed E-state index contributed by atoms with van der Waals surface area (Å²) in [4.78, 5) is 14.5. The van der Waals surface area contributed by atoms with Gasteiger partial charge >= 0.3 is 0 Å². The molecule has 0 radical (unpaired) electrons. The van der Waals surface area contributed by atoms with Gasteiger partial charge in [0.1, 0.15) is 0 Å². The van der Waals surface area contributed by atoms with E-state index in [1.165, 1.54) is 17.5 Å². The van der Waals surface area contributed by atoms with E-state index in [2.05, 4.69) is 29.6 Å². The summed E-state index contributed by atoms with van der Waals surface area (Å²) in [5.74, 6) is 0.286. The molecule has 2 atom stereocenters. The smallest absolute Gasteiger partial charge is 0.239 e. The van der Waals surface area contributed by atoms with Gasteiger partial charge in [-0.1, -0.05) is 24.3 Å². The predicted molar refractivity (Wildman–Crippen MR) is 85.3 cm³/mol. The zero-order chi connectivity index (χ0) is 14.7. The van der Waals surface area contributed by atoms with Crippen LogP contribution in [-0.2, 0) is 17.6 Å². The lowest BCUT2D eigenvalue weighted by Gasteiger charge is -2.32. The van der Waals surface area contributed by atoms with Crippen molar-refractivity contribution in [1.82, 2.24) is 10.2 Å². The van der Waals surface area contributed by atoms with Crippen LogP contribution in [0.25, 0.3) is 0 Å². The van der Waals surface area contributed by atoms with Crippen LogP contribution in [-0.4, -0.2) is 36.0 Å². The van der Waals surface area contributed by atoms with Crippen molar-refractivity contribution < 1.29 is 4.79 Å². The van der Waals surface area contributed by atoms with Gasteiger partial charge in [-0.3, -0.25) is 4.79 Å². The summed E-state index contributed by atoms with van der Waals surface area (Å²) in [6.07, 6.45) is 6.90. The van der Waals surface area contributed by atoms with Crippen molar-refractivity contribution in [1.29, 1.82) is 0 Å². The maximum Gasteiger partial charge on any atom is 0.239 e. The fourth-order valence-corrected chi connectivity index (χ4v) is 3.65. The minimum Gasteiger partial charge on any atom is -0.341 e. The number of hydrogen-bond acceptors (Lipinski definition) is 2. The van der Waals surface area contributed by atoms with Crippen LogP contribution >= 0.6 is 0 Å². The van der Waals surface area contributed by atoms with Crippen molar-refractivity contribution in [3.8, 4) is 0 Å². The van der Waals surface area contributed by atoms with Crippen LogP contribution in [0.3, 0.4) is 0 Å². The molecule has 1 saturated heterocycles. The molecule has 1 heterocycles. The van der Waals surface area contributed by atoms with Gasteiger partial charge < -0.3 is 10.2 Å². The molecule has 1 aliphatic heterocycles.